The third-order valence-electron chi connectivity index (χ3n) is 3.26. The highest BCUT2D eigenvalue weighted by atomic mass is 32.1. The normalized spacial score (nSPS) is 10.9. The molecule has 0 aliphatic carbocycles. The van der Waals surface area contributed by atoms with Crippen LogP contribution in [0, 0.1) is 19.7 Å². The van der Waals surface area contributed by atoms with Crippen molar-refractivity contribution in [3.05, 3.63) is 40.5 Å². The lowest BCUT2D eigenvalue weighted by molar-refractivity contribution is 0.619. The number of thiophene rings is 1. The van der Waals surface area contributed by atoms with E-state index in [9.17, 15) is 4.39 Å². The number of fused-ring (bicyclic) bond motifs is 1. The van der Waals surface area contributed by atoms with Gasteiger partial charge in [0.05, 0.1) is 5.39 Å². The van der Waals surface area contributed by atoms with Gasteiger partial charge in [-0.3, -0.25) is 0 Å². The van der Waals surface area contributed by atoms with Crippen LogP contribution in [0.2, 0.25) is 0 Å². The third kappa shape index (κ3) is 2.54. The van der Waals surface area contributed by atoms with Gasteiger partial charge in [-0.1, -0.05) is 6.07 Å². The fourth-order valence-electron chi connectivity index (χ4n) is 2.12. The van der Waals surface area contributed by atoms with Crippen LogP contribution in [0.1, 0.15) is 10.4 Å². The summed E-state index contributed by atoms with van der Waals surface area (Å²) in [6.07, 6.45) is 0. The van der Waals surface area contributed by atoms with E-state index >= 15 is 0 Å². The SMILES string of the molecule is CNc1nc(Nc2cccc(F)c2C)c2cc(C)sc2n1. The molecule has 1 aromatic carbocycles. The van der Waals surface area contributed by atoms with Gasteiger partial charge >= 0.3 is 0 Å². The molecule has 3 rings (SSSR count). The van der Waals surface area contributed by atoms with Crippen LogP contribution in [0.4, 0.5) is 21.8 Å². The number of benzene rings is 1. The van der Waals surface area contributed by atoms with Crippen molar-refractivity contribution < 1.29 is 4.39 Å². The lowest BCUT2D eigenvalue weighted by atomic mass is 10.2. The molecule has 2 heterocycles. The van der Waals surface area contributed by atoms with E-state index in [-0.39, 0.29) is 5.82 Å². The first-order valence-corrected chi connectivity index (χ1v) is 7.38. The van der Waals surface area contributed by atoms with Gasteiger partial charge in [-0.2, -0.15) is 4.98 Å². The van der Waals surface area contributed by atoms with Gasteiger partial charge in [0, 0.05) is 23.2 Å². The molecule has 2 aromatic heterocycles. The molecular weight excluding hydrogens is 287 g/mol. The van der Waals surface area contributed by atoms with Crippen LogP contribution in [0.15, 0.2) is 24.3 Å². The zero-order valence-corrected chi connectivity index (χ0v) is 12.8. The molecule has 3 aromatic rings. The van der Waals surface area contributed by atoms with Crippen molar-refractivity contribution in [3.63, 3.8) is 0 Å². The molecule has 0 saturated heterocycles. The Bertz CT molecular complexity index is 813. The minimum Gasteiger partial charge on any atom is -0.357 e. The minimum absolute atomic E-state index is 0.236. The molecule has 0 unspecified atom stereocenters. The summed E-state index contributed by atoms with van der Waals surface area (Å²) in [4.78, 5) is 11.0. The zero-order valence-electron chi connectivity index (χ0n) is 12.0. The first kappa shape index (κ1) is 13.8. The number of nitrogens with zero attached hydrogens (tertiary/aromatic N) is 2. The molecule has 0 atom stereocenters. The molecule has 2 N–H and O–H groups in total. The number of halogens is 1. The second-order valence-corrected chi connectivity index (χ2v) is 5.99. The lowest BCUT2D eigenvalue weighted by Gasteiger charge is -2.11. The summed E-state index contributed by atoms with van der Waals surface area (Å²) >= 11 is 1.61. The number of anilines is 3. The zero-order chi connectivity index (χ0) is 15.0. The maximum atomic E-state index is 13.7. The highest BCUT2D eigenvalue weighted by molar-refractivity contribution is 7.18. The molecule has 0 radical (unpaired) electrons. The van der Waals surface area contributed by atoms with Gasteiger partial charge in [0.1, 0.15) is 16.5 Å². The average molecular weight is 302 g/mol. The number of hydrogen-bond acceptors (Lipinski definition) is 5. The van der Waals surface area contributed by atoms with Gasteiger partial charge in [0.2, 0.25) is 5.95 Å². The Labute approximate surface area is 126 Å². The van der Waals surface area contributed by atoms with Gasteiger partial charge in [-0.05, 0) is 32.0 Å². The van der Waals surface area contributed by atoms with Crippen LogP contribution >= 0.6 is 11.3 Å². The van der Waals surface area contributed by atoms with E-state index in [1.54, 1.807) is 31.4 Å². The van der Waals surface area contributed by atoms with Crippen LogP contribution in [-0.2, 0) is 0 Å². The van der Waals surface area contributed by atoms with Crippen molar-refractivity contribution in [2.24, 2.45) is 0 Å². The molecule has 6 heteroatoms. The van der Waals surface area contributed by atoms with Crippen LogP contribution in [0.5, 0.6) is 0 Å². The van der Waals surface area contributed by atoms with Gasteiger partial charge in [0.15, 0.2) is 0 Å². The van der Waals surface area contributed by atoms with E-state index < -0.39 is 0 Å². The topological polar surface area (TPSA) is 49.8 Å². The molecule has 4 nitrogen and oxygen atoms in total. The largest absolute Gasteiger partial charge is 0.357 e. The quantitative estimate of drug-likeness (QED) is 0.760. The predicted octanol–water partition coefficient (Wildman–Crippen LogP) is 4.23. The van der Waals surface area contributed by atoms with E-state index in [1.807, 2.05) is 19.1 Å². The Morgan fingerprint density at radius 3 is 2.76 bits per heavy atom. The van der Waals surface area contributed by atoms with E-state index in [0.29, 0.717) is 23.0 Å². The monoisotopic (exact) mass is 302 g/mol. The number of nitrogens with one attached hydrogen (secondary N) is 2. The van der Waals surface area contributed by atoms with E-state index in [1.165, 1.54) is 6.07 Å². The van der Waals surface area contributed by atoms with E-state index in [2.05, 4.69) is 20.6 Å². The standard InChI is InChI=1S/C15H15FN4S/c1-8-7-10-13(19-15(17-3)20-14(10)21-8)18-12-6-4-5-11(16)9(12)2/h4-7H,1-3H3,(H2,17,18,19,20). The number of aryl methyl sites for hydroxylation is 1. The van der Waals surface area contributed by atoms with E-state index in [0.717, 1.165) is 15.1 Å². The lowest BCUT2D eigenvalue weighted by Crippen LogP contribution is -2.02. The second kappa shape index (κ2) is 5.29. The summed E-state index contributed by atoms with van der Waals surface area (Å²) in [6, 6.07) is 7.01. The van der Waals surface area contributed by atoms with Crippen LogP contribution in [0.3, 0.4) is 0 Å². The Morgan fingerprint density at radius 1 is 1.19 bits per heavy atom. The second-order valence-electron chi connectivity index (χ2n) is 4.76. The smallest absolute Gasteiger partial charge is 0.225 e. The van der Waals surface area contributed by atoms with Gasteiger partial charge in [-0.25, -0.2) is 9.37 Å². The first-order chi connectivity index (χ1) is 10.1. The van der Waals surface area contributed by atoms with Crippen LogP contribution in [-0.4, -0.2) is 17.0 Å². The molecule has 0 aliphatic heterocycles. The molecule has 21 heavy (non-hydrogen) atoms. The average Bonchev–Trinajstić information content (AvgIpc) is 2.84. The number of hydrogen-bond donors (Lipinski definition) is 2. The highest BCUT2D eigenvalue weighted by Crippen LogP contribution is 2.32. The molecule has 0 spiro atoms. The Balaban J connectivity index is 2.12. The Kier molecular flexibility index (Phi) is 3.47. The fraction of sp³-hybridized carbons (Fsp3) is 0.200. The summed E-state index contributed by atoms with van der Waals surface area (Å²) in [5.74, 6) is 0.990. The maximum absolute atomic E-state index is 13.7. The van der Waals surface area contributed by atoms with Crippen molar-refractivity contribution in [2.75, 3.05) is 17.7 Å². The van der Waals surface area contributed by atoms with Crippen molar-refractivity contribution in [3.8, 4) is 0 Å². The number of aromatic nitrogens is 2. The van der Waals surface area contributed by atoms with Crippen molar-refractivity contribution in [1.29, 1.82) is 0 Å². The van der Waals surface area contributed by atoms with Crippen LogP contribution in [0.25, 0.3) is 10.2 Å². The van der Waals surface area contributed by atoms with Crippen molar-refractivity contribution >= 4 is 39.0 Å². The third-order valence-corrected chi connectivity index (χ3v) is 4.20. The Morgan fingerprint density at radius 2 is 2.00 bits per heavy atom. The van der Waals surface area contributed by atoms with Crippen LogP contribution < -0.4 is 10.6 Å². The van der Waals surface area contributed by atoms with Crippen molar-refractivity contribution in [1.82, 2.24) is 9.97 Å². The number of rotatable bonds is 3. The summed E-state index contributed by atoms with van der Waals surface area (Å²) < 4.78 is 13.7. The fourth-order valence-corrected chi connectivity index (χ4v) is 3.00. The van der Waals surface area contributed by atoms with Gasteiger partial charge < -0.3 is 10.6 Å². The molecule has 0 bridgehead atoms. The molecule has 0 aliphatic rings. The van der Waals surface area contributed by atoms with Gasteiger partial charge in [-0.15, -0.1) is 11.3 Å². The minimum atomic E-state index is -0.236. The summed E-state index contributed by atoms with van der Waals surface area (Å²) in [7, 11) is 1.78. The van der Waals surface area contributed by atoms with Crippen molar-refractivity contribution in [2.45, 2.75) is 13.8 Å². The summed E-state index contributed by atoms with van der Waals surface area (Å²) in [6.45, 7) is 3.77. The maximum Gasteiger partial charge on any atom is 0.225 e. The summed E-state index contributed by atoms with van der Waals surface area (Å²) in [5, 5.41) is 7.12. The molecular formula is C15H15FN4S. The highest BCUT2D eigenvalue weighted by Gasteiger charge is 2.12. The Hall–Kier alpha value is -2.21. The molecule has 0 fully saturated rings. The molecule has 0 amide bonds. The van der Waals surface area contributed by atoms with Gasteiger partial charge in [0.25, 0.3) is 0 Å². The van der Waals surface area contributed by atoms with E-state index in [4.69, 9.17) is 0 Å². The first-order valence-electron chi connectivity index (χ1n) is 6.56. The molecule has 108 valence electrons. The molecule has 0 saturated carbocycles. The predicted molar refractivity (Wildman–Crippen MR) is 86.1 cm³/mol. The summed E-state index contributed by atoms with van der Waals surface area (Å²) in [5.41, 5.74) is 1.28.